The van der Waals surface area contributed by atoms with Gasteiger partial charge in [-0.05, 0) is 12.8 Å². The van der Waals surface area contributed by atoms with Crippen molar-refractivity contribution in [1.29, 1.82) is 0 Å². The smallest absolute Gasteiger partial charge is 0.224 e. The summed E-state index contributed by atoms with van der Waals surface area (Å²) in [6, 6.07) is 0.372. The van der Waals surface area contributed by atoms with E-state index in [1.807, 2.05) is 0 Å². The maximum atomic E-state index is 11.7. The number of hydrogen-bond donors (Lipinski definition) is 2. The number of ether oxygens (including phenoxy) is 1. The molecule has 14 heavy (non-hydrogen) atoms. The number of rotatable bonds is 0. The Hall–Kier alpha value is -0.610. The molecule has 2 fully saturated rings. The molecule has 1 saturated heterocycles. The van der Waals surface area contributed by atoms with Crippen LogP contribution in [0.5, 0.6) is 0 Å². The molecule has 0 unspecified atom stereocenters. The van der Waals surface area contributed by atoms with E-state index in [0.717, 1.165) is 32.4 Å². The first-order valence-corrected chi connectivity index (χ1v) is 5.47. The summed E-state index contributed by atoms with van der Waals surface area (Å²) < 4.78 is 5.33. The van der Waals surface area contributed by atoms with E-state index >= 15 is 0 Å². The van der Waals surface area contributed by atoms with E-state index in [0.29, 0.717) is 19.2 Å². The Balaban J connectivity index is 1.95. The molecular weight excluding hydrogens is 180 g/mol. The van der Waals surface area contributed by atoms with Gasteiger partial charge in [-0.25, -0.2) is 0 Å². The first-order valence-electron chi connectivity index (χ1n) is 5.47. The van der Waals surface area contributed by atoms with E-state index < -0.39 is 0 Å². The summed E-state index contributed by atoms with van der Waals surface area (Å²) in [6.45, 7) is 2.90. The van der Waals surface area contributed by atoms with E-state index in [4.69, 9.17) is 4.74 Å². The van der Waals surface area contributed by atoms with Crippen LogP contribution in [0.15, 0.2) is 0 Å². The highest BCUT2D eigenvalue weighted by molar-refractivity contribution is 5.79. The molecule has 2 aliphatic rings. The molecule has 0 spiro atoms. The first-order chi connectivity index (χ1) is 6.88. The van der Waals surface area contributed by atoms with Gasteiger partial charge in [0.1, 0.15) is 0 Å². The van der Waals surface area contributed by atoms with Crippen molar-refractivity contribution in [3.63, 3.8) is 0 Å². The summed E-state index contributed by atoms with van der Waals surface area (Å²) in [7, 11) is 0. The molecule has 2 N–H and O–H groups in total. The number of amides is 1. The van der Waals surface area contributed by atoms with Crippen LogP contribution in [0.1, 0.15) is 19.3 Å². The number of fused-ring (bicyclic) bond motifs is 1. The van der Waals surface area contributed by atoms with E-state index in [9.17, 15) is 4.79 Å². The molecule has 0 radical (unpaired) electrons. The highest BCUT2D eigenvalue weighted by Gasteiger charge is 2.32. The zero-order valence-electron chi connectivity index (χ0n) is 8.42. The fourth-order valence-corrected chi connectivity index (χ4v) is 2.31. The van der Waals surface area contributed by atoms with Gasteiger partial charge in [-0.3, -0.25) is 4.79 Å². The molecule has 0 bridgehead atoms. The van der Waals surface area contributed by atoms with Gasteiger partial charge in [-0.2, -0.15) is 0 Å². The zero-order valence-corrected chi connectivity index (χ0v) is 8.42. The lowest BCUT2D eigenvalue weighted by atomic mass is 10.0. The number of nitrogens with one attached hydrogen (secondary N) is 2. The molecule has 1 aliphatic carbocycles. The standard InChI is InChI=1S/C10H18N2O2/c13-10-8-2-1-3-9(8)11-4-6-14-7-5-12-10/h8-9,11H,1-7H2,(H,12,13)/t8-,9+/m1/s1. The quantitative estimate of drug-likeness (QED) is 0.571. The third-order valence-electron chi connectivity index (χ3n) is 3.05. The van der Waals surface area contributed by atoms with Crippen LogP contribution in [0.3, 0.4) is 0 Å². The summed E-state index contributed by atoms with van der Waals surface area (Å²) in [5, 5.41) is 6.32. The predicted molar refractivity (Wildman–Crippen MR) is 53.0 cm³/mol. The minimum atomic E-state index is 0.188. The largest absolute Gasteiger partial charge is 0.378 e. The highest BCUT2D eigenvalue weighted by Crippen LogP contribution is 2.25. The van der Waals surface area contributed by atoms with Gasteiger partial charge >= 0.3 is 0 Å². The highest BCUT2D eigenvalue weighted by atomic mass is 16.5. The molecule has 1 amide bonds. The fraction of sp³-hybridized carbons (Fsp3) is 0.900. The topological polar surface area (TPSA) is 50.4 Å². The van der Waals surface area contributed by atoms with Crippen LogP contribution in [-0.4, -0.2) is 38.3 Å². The monoisotopic (exact) mass is 198 g/mol. The molecule has 0 aromatic rings. The predicted octanol–water partition coefficient (Wildman–Crippen LogP) is -0.109. The summed E-state index contributed by atoms with van der Waals surface area (Å²) in [6.07, 6.45) is 3.32. The lowest BCUT2D eigenvalue weighted by molar-refractivity contribution is -0.125. The molecule has 2 rings (SSSR count). The number of hydrogen-bond acceptors (Lipinski definition) is 3. The van der Waals surface area contributed by atoms with Crippen molar-refractivity contribution in [2.24, 2.45) is 5.92 Å². The Bertz CT molecular complexity index is 208. The summed E-state index contributed by atoms with van der Waals surface area (Å²) >= 11 is 0. The average Bonchev–Trinajstić information content (AvgIpc) is 2.64. The molecule has 80 valence electrons. The fourth-order valence-electron chi connectivity index (χ4n) is 2.31. The Morgan fingerprint density at radius 1 is 1.21 bits per heavy atom. The molecule has 1 saturated carbocycles. The molecule has 1 aliphatic heterocycles. The van der Waals surface area contributed by atoms with Crippen LogP contribution in [0.25, 0.3) is 0 Å². The summed E-state index contributed by atoms with van der Waals surface area (Å²) in [5.41, 5.74) is 0. The van der Waals surface area contributed by atoms with E-state index in [1.54, 1.807) is 0 Å². The molecular formula is C10H18N2O2. The van der Waals surface area contributed by atoms with Crippen molar-refractivity contribution < 1.29 is 9.53 Å². The maximum Gasteiger partial charge on any atom is 0.224 e. The maximum absolute atomic E-state index is 11.7. The van der Waals surface area contributed by atoms with Crippen molar-refractivity contribution in [1.82, 2.24) is 10.6 Å². The number of carbonyl (C=O) groups is 1. The second-order valence-corrected chi connectivity index (χ2v) is 4.00. The summed E-state index contributed by atoms with van der Waals surface area (Å²) in [5.74, 6) is 0.388. The van der Waals surface area contributed by atoms with Crippen molar-refractivity contribution in [2.75, 3.05) is 26.3 Å². The van der Waals surface area contributed by atoms with E-state index in [2.05, 4.69) is 10.6 Å². The normalized spacial score (nSPS) is 34.7. The van der Waals surface area contributed by atoms with Crippen LogP contribution in [0, 0.1) is 5.92 Å². The van der Waals surface area contributed by atoms with Crippen molar-refractivity contribution in [2.45, 2.75) is 25.3 Å². The van der Waals surface area contributed by atoms with Gasteiger partial charge in [-0.1, -0.05) is 6.42 Å². The molecule has 4 nitrogen and oxygen atoms in total. The van der Waals surface area contributed by atoms with Crippen molar-refractivity contribution in [3.05, 3.63) is 0 Å². The average molecular weight is 198 g/mol. The first kappa shape index (κ1) is 9.93. The Labute approximate surface area is 84.4 Å². The minimum absolute atomic E-state index is 0.188. The van der Waals surface area contributed by atoms with Crippen LogP contribution >= 0.6 is 0 Å². The van der Waals surface area contributed by atoms with Crippen molar-refractivity contribution in [3.8, 4) is 0 Å². The van der Waals surface area contributed by atoms with Crippen LogP contribution in [0.2, 0.25) is 0 Å². The lowest BCUT2D eigenvalue weighted by Crippen LogP contribution is -2.44. The molecule has 1 heterocycles. The lowest BCUT2D eigenvalue weighted by Gasteiger charge is -2.22. The van der Waals surface area contributed by atoms with Crippen LogP contribution in [-0.2, 0) is 9.53 Å². The van der Waals surface area contributed by atoms with Gasteiger partial charge in [0.25, 0.3) is 0 Å². The Kier molecular flexibility index (Phi) is 3.37. The van der Waals surface area contributed by atoms with Gasteiger partial charge in [0.05, 0.1) is 19.1 Å². The summed E-state index contributed by atoms with van der Waals surface area (Å²) in [4.78, 5) is 11.7. The molecule has 0 aromatic carbocycles. The zero-order chi connectivity index (χ0) is 9.80. The van der Waals surface area contributed by atoms with Crippen LogP contribution < -0.4 is 10.6 Å². The molecule has 2 atom stereocenters. The number of carbonyl (C=O) groups excluding carboxylic acids is 1. The Morgan fingerprint density at radius 3 is 3.00 bits per heavy atom. The van der Waals surface area contributed by atoms with Crippen LogP contribution in [0.4, 0.5) is 0 Å². The second kappa shape index (κ2) is 4.75. The molecule has 0 aromatic heterocycles. The third-order valence-corrected chi connectivity index (χ3v) is 3.05. The minimum Gasteiger partial charge on any atom is -0.378 e. The van der Waals surface area contributed by atoms with Gasteiger partial charge in [0.2, 0.25) is 5.91 Å². The SMILES string of the molecule is O=C1NCCOCCN[C@H]2CCC[C@@H]12. The van der Waals surface area contributed by atoms with E-state index in [1.165, 1.54) is 0 Å². The van der Waals surface area contributed by atoms with Gasteiger partial charge in [-0.15, -0.1) is 0 Å². The third kappa shape index (κ3) is 2.25. The Morgan fingerprint density at radius 2 is 2.07 bits per heavy atom. The molecule has 4 heteroatoms. The second-order valence-electron chi connectivity index (χ2n) is 4.00. The van der Waals surface area contributed by atoms with E-state index in [-0.39, 0.29) is 11.8 Å². The van der Waals surface area contributed by atoms with Gasteiger partial charge < -0.3 is 15.4 Å². The van der Waals surface area contributed by atoms with Crippen molar-refractivity contribution >= 4 is 5.91 Å². The van der Waals surface area contributed by atoms with Gasteiger partial charge in [0.15, 0.2) is 0 Å². The van der Waals surface area contributed by atoms with Gasteiger partial charge in [0, 0.05) is 19.1 Å².